The van der Waals surface area contributed by atoms with Crippen molar-refractivity contribution >= 4 is 5.91 Å². The maximum absolute atomic E-state index is 12.0. The summed E-state index contributed by atoms with van der Waals surface area (Å²) in [6.07, 6.45) is 1.87. The molecule has 5 heteroatoms. The number of hydrogen-bond donors (Lipinski definition) is 1. The lowest BCUT2D eigenvalue weighted by Crippen LogP contribution is -2.38. The summed E-state index contributed by atoms with van der Waals surface area (Å²) in [4.78, 5) is 13.6. The summed E-state index contributed by atoms with van der Waals surface area (Å²) in [5, 5.41) is 8.58. The minimum Gasteiger partial charge on any atom is -0.467 e. The first-order chi connectivity index (χ1) is 8.19. The first kappa shape index (κ1) is 13.3. The SMILES string of the molecule is CC(CN)C(=O)N(CCC#N)Cc1ccco1. The second kappa shape index (κ2) is 6.71. The topological polar surface area (TPSA) is 83.3 Å². The third-order valence-corrected chi connectivity index (χ3v) is 2.51. The first-order valence-corrected chi connectivity index (χ1v) is 5.57. The highest BCUT2D eigenvalue weighted by Crippen LogP contribution is 2.09. The van der Waals surface area contributed by atoms with Crippen LogP contribution in [-0.4, -0.2) is 23.9 Å². The maximum atomic E-state index is 12.0. The largest absolute Gasteiger partial charge is 0.467 e. The Morgan fingerprint density at radius 2 is 2.47 bits per heavy atom. The lowest BCUT2D eigenvalue weighted by molar-refractivity contribution is -0.135. The molecular formula is C12H17N3O2. The Hall–Kier alpha value is -1.80. The summed E-state index contributed by atoms with van der Waals surface area (Å²) in [7, 11) is 0. The van der Waals surface area contributed by atoms with Crippen LogP contribution in [0.1, 0.15) is 19.1 Å². The molecule has 0 aliphatic carbocycles. The summed E-state index contributed by atoms with van der Waals surface area (Å²) < 4.78 is 5.20. The van der Waals surface area contributed by atoms with E-state index in [0.29, 0.717) is 31.8 Å². The average molecular weight is 235 g/mol. The molecule has 0 bridgehead atoms. The number of nitriles is 1. The molecule has 1 amide bonds. The van der Waals surface area contributed by atoms with Crippen molar-refractivity contribution in [1.29, 1.82) is 5.26 Å². The number of carbonyl (C=O) groups is 1. The summed E-state index contributed by atoms with van der Waals surface area (Å²) in [6, 6.07) is 5.61. The molecule has 0 spiro atoms. The second-order valence-corrected chi connectivity index (χ2v) is 3.88. The predicted octanol–water partition coefficient (Wildman–Crippen LogP) is 1.12. The van der Waals surface area contributed by atoms with Crippen LogP contribution in [-0.2, 0) is 11.3 Å². The Morgan fingerprint density at radius 3 is 3.00 bits per heavy atom. The van der Waals surface area contributed by atoms with Gasteiger partial charge in [0.2, 0.25) is 5.91 Å². The fourth-order valence-corrected chi connectivity index (χ4v) is 1.46. The number of carbonyl (C=O) groups excluding carboxylic acids is 1. The molecule has 0 fully saturated rings. The molecule has 1 aromatic rings. The lowest BCUT2D eigenvalue weighted by atomic mass is 10.1. The molecule has 1 heterocycles. The van der Waals surface area contributed by atoms with E-state index in [4.69, 9.17) is 15.4 Å². The van der Waals surface area contributed by atoms with Crippen molar-refractivity contribution in [2.24, 2.45) is 11.7 Å². The van der Waals surface area contributed by atoms with Crippen molar-refractivity contribution in [3.63, 3.8) is 0 Å². The molecule has 0 aliphatic rings. The van der Waals surface area contributed by atoms with E-state index in [2.05, 4.69) is 0 Å². The Morgan fingerprint density at radius 1 is 1.71 bits per heavy atom. The smallest absolute Gasteiger partial charge is 0.227 e. The van der Waals surface area contributed by atoms with Crippen LogP contribution in [0.25, 0.3) is 0 Å². The molecule has 0 saturated carbocycles. The van der Waals surface area contributed by atoms with Gasteiger partial charge in [0.1, 0.15) is 5.76 Å². The molecule has 0 radical (unpaired) electrons. The Labute approximate surface area is 101 Å². The van der Waals surface area contributed by atoms with Gasteiger partial charge in [0.05, 0.1) is 25.3 Å². The molecule has 1 rings (SSSR count). The monoisotopic (exact) mass is 235 g/mol. The second-order valence-electron chi connectivity index (χ2n) is 3.88. The van der Waals surface area contributed by atoms with Crippen LogP contribution in [0.5, 0.6) is 0 Å². The highest BCUT2D eigenvalue weighted by molar-refractivity contribution is 5.78. The Kier molecular flexibility index (Phi) is 5.24. The van der Waals surface area contributed by atoms with Gasteiger partial charge in [-0.15, -0.1) is 0 Å². The van der Waals surface area contributed by atoms with E-state index < -0.39 is 0 Å². The van der Waals surface area contributed by atoms with Crippen LogP contribution in [0.2, 0.25) is 0 Å². The summed E-state index contributed by atoms with van der Waals surface area (Å²) in [5.41, 5.74) is 5.48. The Balaban J connectivity index is 2.66. The molecule has 17 heavy (non-hydrogen) atoms. The lowest BCUT2D eigenvalue weighted by Gasteiger charge is -2.23. The van der Waals surface area contributed by atoms with Crippen LogP contribution < -0.4 is 5.73 Å². The summed E-state index contributed by atoms with van der Waals surface area (Å²) >= 11 is 0. The van der Waals surface area contributed by atoms with Crippen molar-refractivity contribution in [1.82, 2.24) is 4.90 Å². The quantitative estimate of drug-likeness (QED) is 0.800. The third-order valence-electron chi connectivity index (χ3n) is 2.51. The number of rotatable bonds is 6. The van der Waals surface area contributed by atoms with Crippen LogP contribution in [0.4, 0.5) is 0 Å². The van der Waals surface area contributed by atoms with E-state index in [-0.39, 0.29) is 11.8 Å². The fraction of sp³-hybridized carbons (Fsp3) is 0.500. The fourth-order valence-electron chi connectivity index (χ4n) is 1.46. The van der Waals surface area contributed by atoms with Crippen molar-refractivity contribution < 1.29 is 9.21 Å². The van der Waals surface area contributed by atoms with Gasteiger partial charge in [-0.2, -0.15) is 5.26 Å². The zero-order valence-electron chi connectivity index (χ0n) is 9.93. The number of nitrogens with zero attached hydrogens (tertiary/aromatic N) is 2. The van der Waals surface area contributed by atoms with Gasteiger partial charge in [-0.05, 0) is 12.1 Å². The highest BCUT2D eigenvalue weighted by atomic mass is 16.3. The van der Waals surface area contributed by atoms with Gasteiger partial charge in [-0.3, -0.25) is 4.79 Å². The predicted molar refractivity (Wildman–Crippen MR) is 62.6 cm³/mol. The normalized spacial score (nSPS) is 11.8. The highest BCUT2D eigenvalue weighted by Gasteiger charge is 2.20. The van der Waals surface area contributed by atoms with Crippen molar-refractivity contribution in [2.45, 2.75) is 19.9 Å². The van der Waals surface area contributed by atoms with Crippen LogP contribution in [0, 0.1) is 17.2 Å². The maximum Gasteiger partial charge on any atom is 0.227 e. The van der Waals surface area contributed by atoms with Crippen LogP contribution >= 0.6 is 0 Å². The molecule has 2 N–H and O–H groups in total. The first-order valence-electron chi connectivity index (χ1n) is 5.57. The van der Waals surface area contributed by atoms with E-state index in [9.17, 15) is 4.79 Å². The Bertz CT molecular complexity index is 381. The molecule has 1 atom stereocenters. The molecule has 5 nitrogen and oxygen atoms in total. The summed E-state index contributed by atoms with van der Waals surface area (Å²) in [5.74, 6) is 0.434. The number of amides is 1. The van der Waals surface area contributed by atoms with Gasteiger partial charge in [-0.25, -0.2) is 0 Å². The number of furan rings is 1. The zero-order valence-corrected chi connectivity index (χ0v) is 9.93. The van der Waals surface area contributed by atoms with Crippen LogP contribution in [0.15, 0.2) is 22.8 Å². The standard InChI is InChI=1S/C12H17N3O2/c1-10(8-14)12(16)15(6-3-5-13)9-11-4-2-7-17-11/h2,4,7,10H,3,6,8-9,14H2,1H3. The molecule has 0 aromatic carbocycles. The van der Waals surface area contributed by atoms with Gasteiger partial charge in [0, 0.05) is 19.0 Å². The molecule has 92 valence electrons. The molecule has 0 saturated heterocycles. The van der Waals surface area contributed by atoms with E-state index in [1.165, 1.54) is 0 Å². The summed E-state index contributed by atoms with van der Waals surface area (Å²) in [6.45, 7) is 2.88. The molecule has 0 aliphatic heterocycles. The molecule has 1 aromatic heterocycles. The van der Waals surface area contributed by atoms with E-state index in [1.54, 1.807) is 30.2 Å². The average Bonchev–Trinajstić information content (AvgIpc) is 2.85. The van der Waals surface area contributed by atoms with Gasteiger partial charge in [0.25, 0.3) is 0 Å². The van der Waals surface area contributed by atoms with Crippen molar-refractivity contribution in [3.05, 3.63) is 24.2 Å². The third kappa shape index (κ3) is 3.93. The van der Waals surface area contributed by atoms with Gasteiger partial charge in [0.15, 0.2) is 0 Å². The minimum atomic E-state index is -0.233. The van der Waals surface area contributed by atoms with Crippen molar-refractivity contribution in [3.8, 4) is 6.07 Å². The molecular weight excluding hydrogens is 218 g/mol. The number of hydrogen-bond acceptors (Lipinski definition) is 4. The van der Waals surface area contributed by atoms with E-state index in [1.807, 2.05) is 6.07 Å². The zero-order chi connectivity index (χ0) is 12.7. The van der Waals surface area contributed by atoms with Crippen LogP contribution in [0.3, 0.4) is 0 Å². The van der Waals surface area contributed by atoms with Gasteiger partial charge >= 0.3 is 0 Å². The van der Waals surface area contributed by atoms with Gasteiger partial charge < -0.3 is 15.1 Å². The molecule has 1 unspecified atom stereocenters. The minimum absolute atomic E-state index is 0.0425. The van der Waals surface area contributed by atoms with E-state index >= 15 is 0 Å². The van der Waals surface area contributed by atoms with Crippen molar-refractivity contribution in [2.75, 3.05) is 13.1 Å². The number of nitrogens with two attached hydrogens (primary N) is 1. The van der Waals surface area contributed by atoms with E-state index in [0.717, 1.165) is 0 Å². The van der Waals surface area contributed by atoms with Gasteiger partial charge in [-0.1, -0.05) is 6.92 Å².